The van der Waals surface area contributed by atoms with Crippen LogP contribution in [0.25, 0.3) is 144 Å². The fourth-order valence-corrected chi connectivity index (χ4v) is 20.8. The quantitative estimate of drug-likeness (QED) is 0.0748. The first-order valence-corrected chi connectivity index (χ1v) is 41.2. The molecule has 20 aromatic rings. The zero-order valence-corrected chi connectivity index (χ0v) is 64.9. The first-order chi connectivity index (χ1) is 58.5. The number of hydrogen-bond acceptors (Lipinski definition) is 3. The molecule has 0 saturated carbocycles. The van der Waals surface area contributed by atoms with Crippen molar-refractivity contribution in [3.05, 3.63) is 430 Å². The molecule has 20 aromatic carbocycles. The van der Waals surface area contributed by atoms with Crippen molar-refractivity contribution in [3.63, 3.8) is 0 Å². The Balaban J connectivity index is 0.919. The van der Waals surface area contributed by atoms with E-state index < -0.39 is 0 Å². The van der Waals surface area contributed by atoms with Crippen LogP contribution >= 0.6 is 0 Å². The van der Waals surface area contributed by atoms with Crippen LogP contribution in [0.4, 0.5) is 51.2 Å². The highest BCUT2D eigenvalue weighted by Gasteiger charge is 2.47. The van der Waals surface area contributed by atoms with Crippen LogP contribution in [-0.4, -0.2) is 13.4 Å². The molecule has 24 rings (SSSR count). The molecule has 4 heterocycles. The largest absolute Gasteiger partial charge is 0.310 e. The molecule has 0 unspecified atom stereocenters. The Morgan fingerprint density at radius 1 is 0.169 bits per heavy atom. The molecule has 3 nitrogen and oxygen atoms in total. The standard InChI is InChI=1S/C113H73B2N3/c1-72-58-60-102-90(62-72)98-64-84(117(79-46-24-8-25-47-79)80-48-26-9-27-49-80)66-100-94-68-92(106-86(73-34-12-2-13-35-73)54-32-55-87(106)74-36-14-3-15-37-74)97-71-105-109-95(69-93(96-70-104(114(102)112(98)100)108(94)110(97)111(96)109)107-88(75-38-16-4-17-39-75)56-33-57-89(107)76-40-18-5-19-41-76)101-67-85(118(81-50-28-10-29-51-81)82-52-30-11-31-53-82)65-99-91-63-83(59-61-103(91)115(105)113(99)101)116(77-42-20-6-21-43-77)78-44-22-7-23-45-78/h2-71H,1H3. The molecule has 0 atom stereocenters. The van der Waals surface area contributed by atoms with Gasteiger partial charge in [0.25, 0.3) is 0 Å². The van der Waals surface area contributed by atoms with Gasteiger partial charge in [-0.05, 0) is 272 Å². The van der Waals surface area contributed by atoms with Crippen molar-refractivity contribution in [3.8, 4) is 111 Å². The topological polar surface area (TPSA) is 9.72 Å². The lowest BCUT2D eigenvalue weighted by Gasteiger charge is -2.34. The molecule has 4 aliphatic heterocycles. The summed E-state index contributed by atoms with van der Waals surface area (Å²) in [6.45, 7) is 1.96. The number of nitrogens with zero attached hydrogens (tertiary/aromatic N) is 3. The van der Waals surface area contributed by atoms with Crippen molar-refractivity contribution in [2.75, 3.05) is 14.7 Å². The summed E-state index contributed by atoms with van der Waals surface area (Å²) < 4.78 is 0. The summed E-state index contributed by atoms with van der Waals surface area (Å²) in [5.74, 6) is 0. The monoisotopic (exact) mass is 1490 g/mol. The van der Waals surface area contributed by atoms with Gasteiger partial charge in [0, 0.05) is 51.2 Å². The minimum Gasteiger partial charge on any atom is -0.310 e. The van der Waals surface area contributed by atoms with Crippen LogP contribution in [0.3, 0.4) is 0 Å². The van der Waals surface area contributed by atoms with Gasteiger partial charge in [-0.3, -0.25) is 0 Å². The SMILES string of the molecule is Cc1ccc2c(c1)-c1cc(N(c3ccccc3)c3ccccc3)cc3c1B2c1cc2c(-c4c(-c5ccccc5)cccc4-c4ccccc4)cc4c5c(cc6c(-c7c(-c8ccccc8)cccc7-c7ccccc7)cc-3c1c6c25)B1c2ccc(N(c3ccccc3)c3ccccc3)cc2-c2cc(N(c3ccccc3)c3ccccc3)cc-4c21. The number of fused-ring (bicyclic) bond motifs is 10. The first kappa shape index (κ1) is 67.5. The Morgan fingerprint density at radius 2 is 0.441 bits per heavy atom. The molecular formula is C113H73B2N3. The van der Waals surface area contributed by atoms with Gasteiger partial charge in [0.2, 0.25) is 13.4 Å². The molecule has 118 heavy (non-hydrogen) atoms. The van der Waals surface area contributed by atoms with E-state index in [-0.39, 0.29) is 13.4 Å². The van der Waals surface area contributed by atoms with Crippen molar-refractivity contribution in [1.82, 2.24) is 0 Å². The zero-order valence-electron chi connectivity index (χ0n) is 64.9. The Bertz CT molecular complexity index is 7040. The van der Waals surface area contributed by atoms with Crippen LogP contribution < -0.4 is 47.5 Å². The molecular weight excluding hydrogens is 1420 g/mol. The molecule has 0 fully saturated rings. The molecule has 546 valence electrons. The normalized spacial score (nSPS) is 12.2. The number of para-hydroxylation sites is 6. The van der Waals surface area contributed by atoms with Crippen LogP contribution in [0.15, 0.2) is 425 Å². The maximum Gasteiger partial charge on any atom is 0.244 e. The second-order valence-electron chi connectivity index (χ2n) is 32.0. The van der Waals surface area contributed by atoms with Gasteiger partial charge in [-0.15, -0.1) is 0 Å². The maximum absolute atomic E-state index is 2.73. The number of aryl methyl sites for hydroxylation is 1. The average molecular weight is 1490 g/mol. The van der Waals surface area contributed by atoms with Crippen LogP contribution in [0.2, 0.25) is 0 Å². The van der Waals surface area contributed by atoms with Crippen LogP contribution in [0.5, 0.6) is 0 Å². The van der Waals surface area contributed by atoms with Gasteiger partial charge in [-0.25, -0.2) is 0 Å². The summed E-state index contributed by atoms with van der Waals surface area (Å²) in [6, 6.07) is 161. The lowest BCUT2D eigenvalue weighted by molar-refractivity contribution is 1.28. The fraction of sp³-hybridized carbons (Fsp3) is 0.00885. The number of anilines is 9. The van der Waals surface area contributed by atoms with Crippen molar-refractivity contribution in [2.24, 2.45) is 0 Å². The number of hydrogen-bond donors (Lipinski definition) is 0. The van der Waals surface area contributed by atoms with Crippen molar-refractivity contribution >= 4 is 130 Å². The van der Waals surface area contributed by atoms with E-state index >= 15 is 0 Å². The second-order valence-corrected chi connectivity index (χ2v) is 32.0. The highest BCUT2D eigenvalue weighted by molar-refractivity contribution is 7.03. The van der Waals surface area contributed by atoms with E-state index in [2.05, 4.69) is 446 Å². The molecule has 4 aliphatic rings. The molecule has 0 N–H and O–H groups in total. The Morgan fingerprint density at radius 3 is 0.763 bits per heavy atom. The van der Waals surface area contributed by atoms with E-state index in [1.165, 1.54) is 160 Å². The van der Waals surface area contributed by atoms with Crippen molar-refractivity contribution in [2.45, 2.75) is 6.92 Å². The van der Waals surface area contributed by atoms with Gasteiger partial charge in [0.15, 0.2) is 0 Å². The summed E-state index contributed by atoms with van der Waals surface area (Å²) in [5, 5.41) is 7.64. The third-order valence-corrected chi connectivity index (χ3v) is 25.6. The summed E-state index contributed by atoms with van der Waals surface area (Å²) >= 11 is 0. The number of benzene rings is 20. The summed E-state index contributed by atoms with van der Waals surface area (Å²) in [4.78, 5) is 7.40. The molecule has 0 bridgehead atoms. The molecule has 5 heteroatoms. The maximum atomic E-state index is 2.73. The molecule has 0 aromatic heterocycles. The molecule has 0 saturated heterocycles. The van der Waals surface area contributed by atoms with Gasteiger partial charge in [-0.1, -0.05) is 342 Å². The summed E-state index contributed by atoms with van der Waals surface area (Å²) in [5.41, 5.74) is 43.1. The van der Waals surface area contributed by atoms with Gasteiger partial charge < -0.3 is 14.7 Å². The van der Waals surface area contributed by atoms with Crippen molar-refractivity contribution in [1.29, 1.82) is 0 Å². The Kier molecular flexibility index (Phi) is 15.5. The highest BCUT2D eigenvalue weighted by atomic mass is 15.2. The fourth-order valence-electron chi connectivity index (χ4n) is 20.8. The lowest BCUT2D eigenvalue weighted by atomic mass is 9.34. The van der Waals surface area contributed by atoms with E-state index in [1.54, 1.807) is 0 Å². The van der Waals surface area contributed by atoms with E-state index in [0.29, 0.717) is 0 Å². The average Bonchev–Trinajstić information content (AvgIpc) is 1.35. The van der Waals surface area contributed by atoms with Crippen molar-refractivity contribution < 1.29 is 0 Å². The van der Waals surface area contributed by atoms with E-state index in [4.69, 9.17) is 0 Å². The minimum absolute atomic E-state index is 0.120. The van der Waals surface area contributed by atoms with Gasteiger partial charge in [-0.2, -0.15) is 0 Å². The second kappa shape index (κ2) is 27.1. The molecule has 0 amide bonds. The lowest BCUT2D eigenvalue weighted by Crippen LogP contribution is -2.53. The Labute approximate surface area is 688 Å². The minimum atomic E-state index is -0.191. The molecule has 0 aliphatic carbocycles. The van der Waals surface area contributed by atoms with Crippen LogP contribution in [-0.2, 0) is 0 Å². The van der Waals surface area contributed by atoms with Gasteiger partial charge in [0.05, 0.1) is 0 Å². The van der Waals surface area contributed by atoms with E-state index in [9.17, 15) is 0 Å². The van der Waals surface area contributed by atoms with E-state index in [0.717, 1.165) is 73.4 Å². The predicted molar refractivity (Wildman–Crippen MR) is 503 cm³/mol. The third-order valence-electron chi connectivity index (χ3n) is 25.6. The smallest absolute Gasteiger partial charge is 0.244 e. The highest BCUT2D eigenvalue weighted by Crippen LogP contribution is 2.57. The zero-order chi connectivity index (χ0) is 77.6. The Hall–Kier alpha value is -15.0. The van der Waals surface area contributed by atoms with Crippen LogP contribution in [0, 0.1) is 6.92 Å². The summed E-state index contributed by atoms with van der Waals surface area (Å²) in [6.07, 6.45) is 0. The van der Waals surface area contributed by atoms with Crippen LogP contribution in [0.1, 0.15) is 5.56 Å². The third kappa shape index (κ3) is 10.4. The molecule has 0 radical (unpaired) electrons. The van der Waals surface area contributed by atoms with Gasteiger partial charge >= 0.3 is 0 Å². The predicted octanol–water partition coefficient (Wildman–Crippen LogP) is 26.3. The van der Waals surface area contributed by atoms with E-state index in [1.807, 2.05) is 0 Å². The summed E-state index contributed by atoms with van der Waals surface area (Å²) in [7, 11) is 0. The molecule has 0 spiro atoms. The van der Waals surface area contributed by atoms with Gasteiger partial charge in [0.1, 0.15) is 0 Å². The first-order valence-electron chi connectivity index (χ1n) is 41.2. The number of rotatable bonds is 15.